The first-order valence-corrected chi connectivity index (χ1v) is 13.2. The number of hydrogen-bond donors (Lipinski definition) is 1. The van der Waals surface area contributed by atoms with Crippen molar-refractivity contribution in [2.75, 3.05) is 29.9 Å². The predicted octanol–water partition coefficient (Wildman–Crippen LogP) is 5.11. The van der Waals surface area contributed by atoms with Crippen LogP contribution in [0.2, 0.25) is 0 Å². The smallest absolute Gasteiger partial charge is 0.255 e. The van der Waals surface area contributed by atoms with Gasteiger partial charge in [0.15, 0.2) is 0 Å². The van der Waals surface area contributed by atoms with E-state index < -0.39 is 0 Å². The van der Waals surface area contributed by atoms with E-state index in [2.05, 4.69) is 44.4 Å². The minimum Gasteiger partial charge on any atom is -0.374 e. The van der Waals surface area contributed by atoms with Crippen LogP contribution in [-0.2, 0) is 17.9 Å². The summed E-state index contributed by atoms with van der Waals surface area (Å²) in [4.78, 5) is 22.3. The Kier molecular flexibility index (Phi) is 6.71. The number of carbonyl (C=O) groups is 1. The highest BCUT2D eigenvalue weighted by atomic mass is 16.5. The topological polar surface area (TPSA) is 57.7 Å². The number of benzene rings is 2. The highest BCUT2D eigenvalue weighted by Gasteiger charge is 2.41. The van der Waals surface area contributed by atoms with Crippen molar-refractivity contribution in [3.63, 3.8) is 0 Å². The van der Waals surface area contributed by atoms with Gasteiger partial charge in [0.2, 0.25) is 0 Å². The van der Waals surface area contributed by atoms with Gasteiger partial charge < -0.3 is 15.0 Å². The molecule has 2 atom stereocenters. The predicted molar refractivity (Wildman–Crippen MR) is 142 cm³/mol. The molecule has 6 nitrogen and oxygen atoms in total. The number of nitrogens with zero attached hydrogens (tertiary/aromatic N) is 3. The zero-order valence-corrected chi connectivity index (χ0v) is 20.7. The number of nitrogens with one attached hydrogen (secondary N) is 1. The number of amides is 1. The van der Waals surface area contributed by atoms with Crippen LogP contribution in [0.1, 0.15) is 47.3 Å². The van der Waals surface area contributed by atoms with Crippen LogP contribution in [0.3, 0.4) is 0 Å². The third-order valence-corrected chi connectivity index (χ3v) is 7.95. The normalized spacial score (nSPS) is 21.8. The highest BCUT2D eigenvalue weighted by molar-refractivity contribution is 6.04. The number of rotatable bonds is 8. The molecule has 2 aliphatic heterocycles. The highest BCUT2D eigenvalue weighted by Crippen LogP contribution is 2.36. The number of likely N-dealkylation sites (tertiary alicyclic amines) is 1. The second kappa shape index (κ2) is 10.4. The Morgan fingerprint density at radius 3 is 2.53 bits per heavy atom. The van der Waals surface area contributed by atoms with Crippen LogP contribution in [0.25, 0.3) is 0 Å². The Labute approximate surface area is 213 Å². The molecule has 3 fully saturated rings. The van der Waals surface area contributed by atoms with Crippen molar-refractivity contribution in [2.24, 2.45) is 5.92 Å². The molecule has 0 bridgehead atoms. The van der Waals surface area contributed by atoms with E-state index in [-0.39, 0.29) is 5.91 Å². The molecule has 1 aliphatic carbocycles. The van der Waals surface area contributed by atoms with Gasteiger partial charge in [-0.1, -0.05) is 18.2 Å². The van der Waals surface area contributed by atoms with Crippen molar-refractivity contribution >= 4 is 17.3 Å². The number of hydrogen-bond acceptors (Lipinski definition) is 5. The van der Waals surface area contributed by atoms with Gasteiger partial charge in [-0.3, -0.25) is 14.7 Å². The van der Waals surface area contributed by atoms with Crippen molar-refractivity contribution < 1.29 is 9.53 Å². The minimum atomic E-state index is -0.0867. The SMILES string of the molecule is O=C(Nc1ccc(N2CC[C@@H]3CN(Cc4ccccn4)C[C@@H]32)cc1)c1ccc(COC2CCC2)cc1. The molecule has 3 aromatic rings. The Bertz CT molecular complexity index is 1160. The molecule has 3 aliphatic rings. The molecule has 1 saturated carbocycles. The summed E-state index contributed by atoms with van der Waals surface area (Å²) in [5.74, 6) is 0.617. The largest absolute Gasteiger partial charge is 0.374 e. The van der Waals surface area contributed by atoms with Gasteiger partial charge in [0, 0.05) is 55.4 Å². The summed E-state index contributed by atoms with van der Waals surface area (Å²) < 4.78 is 5.86. The summed E-state index contributed by atoms with van der Waals surface area (Å²) in [6.07, 6.45) is 7.13. The van der Waals surface area contributed by atoms with Crippen LogP contribution in [0.5, 0.6) is 0 Å². The van der Waals surface area contributed by atoms with Crippen LogP contribution < -0.4 is 10.2 Å². The second-order valence-electron chi connectivity index (χ2n) is 10.4. The van der Waals surface area contributed by atoms with Crippen molar-refractivity contribution in [3.05, 3.63) is 89.7 Å². The quantitative estimate of drug-likeness (QED) is 0.483. The Morgan fingerprint density at radius 2 is 1.81 bits per heavy atom. The number of pyridine rings is 1. The lowest BCUT2D eigenvalue weighted by Crippen LogP contribution is -2.35. The molecular weight excluding hydrogens is 448 g/mol. The molecule has 1 amide bonds. The van der Waals surface area contributed by atoms with Crippen LogP contribution >= 0.6 is 0 Å². The summed E-state index contributed by atoms with van der Waals surface area (Å²) in [6.45, 7) is 4.84. The zero-order chi connectivity index (χ0) is 24.3. The third-order valence-electron chi connectivity index (χ3n) is 7.95. The molecule has 6 heteroatoms. The number of aromatic nitrogens is 1. The maximum absolute atomic E-state index is 12.8. The van der Waals surface area contributed by atoms with E-state index in [1.54, 1.807) is 0 Å². The third kappa shape index (κ3) is 5.15. The van der Waals surface area contributed by atoms with Gasteiger partial charge in [0.25, 0.3) is 5.91 Å². The molecule has 1 N–H and O–H groups in total. The lowest BCUT2D eigenvalue weighted by molar-refractivity contribution is -0.00866. The average Bonchev–Trinajstić information content (AvgIpc) is 3.45. The van der Waals surface area contributed by atoms with E-state index in [4.69, 9.17) is 4.74 Å². The Morgan fingerprint density at radius 1 is 0.972 bits per heavy atom. The molecule has 2 saturated heterocycles. The van der Waals surface area contributed by atoms with Crippen LogP contribution in [0.4, 0.5) is 11.4 Å². The van der Waals surface area contributed by atoms with Crippen molar-refractivity contribution in [3.8, 4) is 0 Å². The number of anilines is 2. The standard InChI is InChI=1S/C30H34N4O2/c35-30(23-9-7-22(8-10-23)21-36-28-5-3-6-28)32-25-11-13-27(14-12-25)34-17-15-24-18-33(20-29(24)34)19-26-4-1-2-16-31-26/h1-2,4,7-14,16,24,28-29H,3,5-6,15,17-21H2,(H,32,35)/t24-,29+/m1/s1. The lowest BCUT2D eigenvalue weighted by atomic mass is 9.96. The summed E-state index contributed by atoms with van der Waals surface area (Å²) >= 11 is 0. The maximum atomic E-state index is 12.8. The van der Waals surface area contributed by atoms with Crippen molar-refractivity contribution in [2.45, 2.75) is 51.0 Å². The molecule has 1 aromatic heterocycles. The Hall–Kier alpha value is -3.22. The maximum Gasteiger partial charge on any atom is 0.255 e. The molecule has 186 valence electrons. The van der Waals surface area contributed by atoms with Gasteiger partial charge in [-0.15, -0.1) is 0 Å². The molecule has 0 radical (unpaired) electrons. The fourth-order valence-electron chi connectivity index (χ4n) is 5.66. The van der Waals surface area contributed by atoms with Gasteiger partial charge in [0.05, 0.1) is 18.4 Å². The number of ether oxygens (including phenoxy) is 1. The number of fused-ring (bicyclic) bond motifs is 1. The average molecular weight is 483 g/mol. The molecule has 36 heavy (non-hydrogen) atoms. The molecule has 0 spiro atoms. The fourth-order valence-corrected chi connectivity index (χ4v) is 5.66. The van der Waals surface area contributed by atoms with E-state index in [1.165, 1.54) is 31.4 Å². The van der Waals surface area contributed by atoms with E-state index in [1.807, 2.05) is 48.7 Å². The van der Waals surface area contributed by atoms with Crippen molar-refractivity contribution in [1.82, 2.24) is 9.88 Å². The number of carbonyl (C=O) groups excluding carboxylic acids is 1. The van der Waals surface area contributed by atoms with Gasteiger partial charge in [-0.2, -0.15) is 0 Å². The first-order chi connectivity index (χ1) is 17.7. The monoisotopic (exact) mass is 482 g/mol. The molecule has 3 heterocycles. The van der Waals surface area contributed by atoms with Crippen LogP contribution in [0, 0.1) is 5.92 Å². The summed E-state index contributed by atoms with van der Waals surface area (Å²) in [5, 5.41) is 3.04. The van der Waals surface area contributed by atoms with Gasteiger partial charge in [-0.25, -0.2) is 0 Å². The Balaban J connectivity index is 1.03. The first kappa shape index (κ1) is 23.2. The zero-order valence-electron chi connectivity index (χ0n) is 20.7. The van der Waals surface area contributed by atoms with E-state index in [9.17, 15) is 4.79 Å². The van der Waals surface area contributed by atoms with Crippen LogP contribution in [-0.4, -0.2) is 47.6 Å². The second-order valence-corrected chi connectivity index (χ2v) is 10.4. The van der Waals surface area contributed by atoms with E-state index in [0.717, 1.165) is 43.1 Å². The lowest BCUT2D eigenvalue weighted by Gasteiger charge is -2.27. The fraction of sp³-hybridized carbons (Fsp3) is 0.400. The summed E-state index contributed by atoms with van der Waals surface area (Å²) in [5.41, 5.74) is 4.96. The first-order valence-electron chi connectivity index (χ1n) is 13.2. The summed E-state index contributed by atoms with van der Waals surface area (Å²) in [6, 6.07) is 22.7. The van der Waals surface area contributed by atoms with E-state index in [0.29, 0.717) is 30.2 Å². The van der Waals surface area contributed by atoms with E-state index >= 15 is 0 Å². The summed E-state index contributed by atoms with van der Waals surface area (Å²) in [7, 11) is 0. The van der Waals surface area contributed by atoms with Crippen molar-refractivity contribution in [1.29, 1.82) is 0 Å². The van der Waals surface area contributed by atoms with Gasteiger partial charge in [-0.05, 0) is 85.7 Å². The molecule has 0 unspecified atom stereocenters. The van der Waals surface area contributed by atoms with Gasteiger partial charge in [0.1, 0.15) is 0 Å². The molecule has 6 rings (SSSR count). The van der Waals surface area contributed by atoms with Crippen LogP contribution in [0.15, 0.2) is 72.9 Å². The molecule has 2 aromatic carbocycles. The molecular formula is C30H34N4O2. The van der Waals surface area contributed by atoms with Gasteiger partial charge >= 0.3 is 0 Å². The minimum absolute atomic E-state index is 0.0867.